The number of carbonyl (C=O) groups is 1. The van der Waals surface area contributed by atoms with E-state index in [0.29, 0.717) is 6.54 Å². The van der Waals surface area contributed by atoms with Gasteiger partial charge in [0.1, 0.15) is 5.82 Å². The number of carbonyl (C=O) groups excluding carboxylic acids is 1. The molecule has 0 atom stereocenters. The Hall–Kier alpha value is -1.91. The highest BCUT2D eigenvalue weighted by Crippen LogP contribution is 2.15. The van der Waals surface area contributed by atoms with Crippen molar-refractivity contribution >= 4 is 5.78 Å². The van der Waals surface area contributed by atoms with E-state index < -0.39 is 0 Å². The summed E-state index contributed by atoms with van der Waals surface area (Å²) in [6, 6.07) is 3.74. The van der Waals surface area contributed by atoms with Crippen molar-refractivity contribution in [3.8, 4) is 0 Å². The van der Waals surface area contributed by atoms with Gasteiger partial charge in [-0.25, -0.2) is 0 Å². The molecule has 2 aromatic rings. The standard InChI is InChI=1S/C13H16N4O/c1-10(18)11-5-4-7-16(11)9-13-15-14-12-6-2-3-8-17(12)13/h4-5,7H,2-3,6,8-9H2,1H3. The normalized spacial score (nSPS) is 14.5. The van der Waals surface area contributed by atoms with E-state index in [2.05, 4.69) is 14.8 Å². The zero-order valence-electron chi connectivity index (χ0n) is 10.5. The van der Waals surface area contributed by atoms with Gasteiger partial charge in [0.15, 0.2) is 11.6 Å². The number of Topliss-reactive ketones (excluding diaryl/α,β-unsaturated/α-hetero) is 1. The van der Waals surface area contributed by atoms with E-state index in [9.17, 15) is 4.79 Å². The van der Waals surface area contributed by atoms with Gasteiger partial charge in [0.2, 0.25) is 0 Å². The van der Waals surface area contributed by atoms with E-state index in [1.807, 2.05) is 22.9 Å². The molecule has 0 saturated heterocycles. The van der Waals surface area contributed by atoms with Crippen LogP contribution >= 0.6 is 0 Å². The molecule has 5 heteroatoms. The van der Waals surface area contributed by atoms with Crippen LogP contribution in [-0.4, -0.2) is 25.1 Å². The van der Waals surface area contributed by atoms with Crippen LogP contribution in [0.25, 0.3) is 0 Å². The van der Waals surface area contributed by atoms with Gasteiger partial charge in [0.25, 0.3) is 0 Å². The van der Waals surface area contributed by atoms with Gasteiger partial charge in [-0.2, -0.15) is 0 Å². The first-order chi connectivity index (χ1) is 8.75. The minimum Gasteiger partial charge on any atom is -0.337 e. The summed E-state index contributed by atoms with van der Waals surface area (Å²) in [5.74, 6) is 2.11. The Bertz CT molecular complexity index is 582. The first kappa shape index (κ1) is 11.2. The van der Waals surface area contributed by atoms with Crippen LogP contribution in [0, 0.1) is 0 Å². The van der Waals surface area contributed by atoms with Gasteiger partial charge < -0.3 is 9.13 Å². The van der Waals surface area contributed by atoms with Crippen LogP contribution < -0.4 is 0 Å². The lowest BCUT2D eigenvalue weighted by Crippen LogP contribution is -2.16. The Morgan fingerprint density at radius 2 is 2.28 bits per heavy atom. The van der Waals surface area contributed by atoms with Gasteiger partial charge in [-0.05, 0) is 25.0 Å². The van der Waals surface area contributed by atoms with Crippen LogP contribution in [0.5, 0.6) is 0 Å². The molecule has 94 valence electrons. The Kier molecular flexibility index (Phi) is 2.74. The lowest BCUT2D eigenvalue weighted by Gasteiger charge is -2.15. The fraction of sp³-hybridized carbons (Fsp3) is 0.462. The minimum absolute atomic E-state index is 0.0818. The largest absolute Gasteiger partial charge is 0.337 e. The van der Waals surface area contributed by atoms with Gasteiger partial charge in [-0.15, -0.1) is 10.2 Å². The Morgan fingerprint density at radius 1 is 1.39 bits per heavy atom. The number of ketones is 1. The van der Waals surface area contributed by atoms with E-state index in [0.717, 1.165) is 30.3 Å². The van der Waals surface area contributed by atoms with E-state index >= 15 is 0 Å². The predicted octanol–water partition coefficient (Wildman–Crippen LogP) is 1.67. The Morgan fingerprint density at radius 3 is 3.11 bits per heavy atom. The van der Waals surface area contributed by atoms with Crippen molar-refractivity contribution in [1.82, 2.24) is 19.3 Å². The number of fused-ring (bicyclic) bond motifs is 1. The maximum Gasteiger partial charge on any atom is 0.176 e. The SMILES string of the molecule is CC(=O)c1cccn1Cc1nnc2n1CCCC2. The van der Waals surface area contributed by atoms with Crippen LogP contribution in [0.1, 0.15) is 41.9 Å². The summed E-state index contributed by atoms with van der Waals surface area (Å²) in [6.07, 6.45) is 5.31. The Labute approximate surface area is 105 Å². The molecule has 0 aliphatic carbocycles. The molecule has 0 radical (unpaired) electrons. The third-order valence-electron chi connectivity index (χ3n) is 3.44. The smallest absolute Gasteiger partial charge is 0.176 e. The molecule has 1 aliphatic heterocycles. The number of rotatable bonds is 3. The molecule has 1 aliphatic rings. The number of nitrogens with zero attached hydrogens (tertiary/aromatic N) is 4. The summed E-state index contributed by atoms with van der Waals surface area (Å²) in [5, 5.41) is 8.48. The van der Waals surface area contributed by atoms with Crippen molar-refractivity contribution in [3.63, 3.8) is 0 Å². The molecule has 0 fully saturated rings. The molecule has 0 aromatic carbocycles. The average molecular weight is 244 g/mol. The van der Waals surface area contributed by atoms with Gasteiger partial charge in [-0.1, -0.05) is 0 Å². The summed E-state index contributed by atoms with van der Waals surface area (Å²) in [5.41, 5.74) is 0.725. The van der Waals surface area contributed by atoms with Crippen LogP contribution in [0.4, 0.5) is 0 Å². The van der Waals surface area contributed by atoms with Gasteiger partial charge in [0.05, 0.1) is 12.2 Å². The summed E-state index contributed by atoms with van der Waals surface area (Å²) >= 11 is 0. The molecule has 2 aromatic heterocycles. The highest BCUT2D eigenvalue weighted by molar-refractivity contribution is 5.92. The van der Waals surface area contributed by atoms with E-state index in [4.69, 9.17) is 0 Å². The molecular weight excluding hydrogens is 228 g/mol. The molecule has 3 rings (SSSR count). The molecule has 0 unspecified atom stereocenters. The van der Waals surface area contributed by atoms with Crippen molar-refractivity contribution in [1.29, 1.82) is 0 Å². The molecular formula is C13H16N4O. The van der Waals surface area contributed by atoms with Gasteiger partial charge in [-0.3, -0.25) is 4.79 Å². The molecule has 0 saturated carbocycles. The number of hydrogen-bond donors (Lipinski definition) is 0. The zero-order valence-corrected chi connectivity index (χ0v) is 10.5. The fourth-order valence-electron chi connectivity index (χ4n) is 2.51. The number of hydrogen-bond acceptors (Lipinski definition) is 3. The molecule has 18 heavy (non-hydrogen) atoms. The van der Waals surface area contributed by atoms with Crippen molar-refractivity contribution in [2.75, 3.05) is 0 Å². The van der Waals surface area contributed by atoms with Gasteiger partial charge >= 0.3 is 0 Å². The first-order valence-corrected chi connectivity index (χ1v) is 6.33. The maximum atomic E-state index is 11.5. The van der Waals surface area contributed by atoms with Crippen LogP contribution in [-0.2, 0) is 19.5 Å². The monoisotopic (exact) mass is 244 g/mol. The predicted molar refractivity (Wildman–Crippen MR) is 66.5 cm³/mol. The topological polar surface area (TPSA) is 52.7 Å². The van der Waals surface area contributed by atoms with Crippen LogP contribution in [0.3, 0.4) is 0 Å². The van der Waals surface area contributed by atoms with Crippen LogP contribution in [0.15, 0.2) is 18.3 Å². The van der Waals surface area contributed by atoms with Gasteiger partial charge in [0, 0.05) is 26.1 Å². The molecule has 0 bridgehead atoms. The number of aromatic nitrogens is 4. The Balaban J connectivity index is 1.90. The van der Waals surface area contributed by atoms with Crippen molar-refractivity contribution in [3.05, 3.63) is 35.7 Å². The molecule has 0 N–H and O–H groups in total. The zero-order chi connectivity index (χ0) is 12.5. The highest BCUT2D eigenvalue weighted by Gasteiger charge is 2.16. The minimum atomic E-state index is 0.0818. The molecule has 0 spiro atoms. The number of aryl methyl sites for hydroxylation is 1. The molecule has 5 nitrogen and oxygen atoms in total. The van der Waals surface area contributed by atoms with Crippen LogP contribution in [0.2, 0.25) is 0 Å². The average Bonchev–Trinajstić information content (AvgIpc) is 2.97. The second-order valence-corrected chi connectivity index (χ2v) is 4.72. The van der Waals surface area contributed by atoms with E-state index in [1.54, 1.807) is 6.92 Å². The lowest BCUT2D eigenvalue weighted by atomic mass is 10.2. The quantitative estimate of drug-likeness (QED) is 0.772. The third kappa shape index (κ3) is 1.85. The maximum absolute atomic E-state index is 11.5. The van der Waals surface area contributed by atoms with E-state index in [1.165, 1.54) is 12.8 Å². The summed E-state index contributed by atoms with van der Waals surface area (Å²) < 4.78 is 4.13. The lowest BCUT2D eigenvalue weighted by molar-refractivity contribution is 0.100. The summed E-state index contributed by atoms with van der Waals surface area (Å²) in [6.45, 7) is 3.20. The third-order valence-corrected chi connectivity index (χ3v) is 3.44. The second kappa shape index (κ2) is 4.40. The molecule has 0 amide bonds. The van der Waals surface area contributed by atoms with Crippen molar-refractivity contribution in [2.24, 2.45) is 0 Å². The summed E-state index contributed by atoms with van der Waals surface area (Å²) in [4.78, 5) is 11.5. The second-order valence-electron chi connectivity index (χ2n) is 4.72. The first-order valence-electron chi connectivity index (χ1n) is 6.33. The molecule has 3 heterocycles. The van der Waals surface area contributed by atoms with Crippen molar-refractivity contribution < 1.29 is 4.79 Å². The summed E-state index contributed by atoms with van der Waals surface area (Å²) in [7, 11) is 0. The fourth-order valence-corrected chi connectivity index (χ4v) is 2.51. The van der Waals surface area contributed by atoms with Crippen molar-refractivity contribution in [2.45, 2.75) is 39.3 Å². The van der Waals surface area contributed by atoms with E-state index in [-0.39, 0.29) is 5.78 Å². The highest BCUT2D eigenvalue weighted by atomic mass is 16.1.